The van der Waals surface area contributed by atoms with Crippen molar-refractivity contribution < 1.29 is 5.11 Å². The maximum atomic E-state index is 9.88. The Labute approximate surface area is 103 Å². The van der Waals surface area contributed by atoms with Crippen molar-refractivity contribution in [2.75, 3.05) is 17.6 Å². The minimum atomic E-state index is -0.140. The van der Waals surface area contributed by atoms with Gasteiger partial charge in [-0.2, -0.15) is 0 Å². The first-order valence-corrected chi connectivity index (χ1v) is 6.45. The van der Waals surface area contributed by atoms with Crippen LogP contribution in [0.25, 0.3) is 0 Å². The number of aliphatic hydroxyl groups excluding tert-OH is 1. The van der Waals surface area contributed by atoms with Gasteiger partial charge in [0, 0.05) is 23.8 Å². The fourth-order valence-corrected chi connectivity index (χ4v) is 2.43. The second kappa shape index (κ2) is 5.41. The van der Waals surface area contributed by atoms with Crippen LogP contribution >= 0.6 is 0 Å². The largest absolute Gasteiger partial charge is 0.398 e. The molecule has 1 saturated carbocycles. The van der Waals surface area contributed by atoms with Crippen LogP contribution in [-0.2, 0) is 0 Å². The summed E-state index contributed by atoms with van der Waals surface area (Å²) in [5.41, 5.74) is 8.84. The second-order valence-corrected chi connectivity index (χ2v) is 5.06. The van der Waals surface area contributed by atoms with E-state index in [4.69, 9.17) is 5.73 Å². The summed E-state index contributed by atoms with van der Waals surface area (Å²) in [7, 11) is 0. The summed E-state index contributed by atoms with van der Waals surface area (Å²) in [4.78, 5) is 0. The van der Waals surface area contributed by atoms with Gasteiger partial charge in [-0.3, -0.25) is 0 Å². The highest BCUT2D eigenvalue weighted by Crippen LogP contribution is 2.25. The van der Waals surface area contributed by atoms with Crippen LogP contribution in [0.2, 0.25) is 0 Å². The van der Waals surface area contributed by atoms with E-state index in [1.165, 1.54) is 6.42 Å². The first kappa shape index (κ1) is 12.2. The molecule has 4 N–H and O–H groups in total. The maximum Gasteiger partial charge on any atom is 0.0585 e. The second-order valence-electron chi connectivity index (χ2n) is 5.06. The molecule has 0 saturated heterocycles. The molecule has 2 rings (SSSR count). The van der Waals surface area contributed by atoms with E-state index in [1.807, 2.05) is 25.1 Å². The highest BCUT2D eigenvalue weighted by atomic mass is 16.3. The Morgan fingerprint density at radius 3 is 2.82 bits per heavy atom. The highest BCUT2D eigenvalue weighted by molar-refractivity contribution is 5.58. The number of aryl methyl sites for hydroxylation is 1. The summed E-state index contributed by atoms with van der Waals surface area (Å²) in [5.74, 6) is 0.381. The van der Waals surface area contributed by atoms with Crippen molar-refractivity contribution in [2.45, 2.75) is 38.7 Å². The number of aliphatic hydroxyl groups is 1. The van der Waals surface area contributed by atoms with Crippen molar-refractivity contribution in [3.05, 3.63) is 23.8 Å². The number of anilines is 2. The van der Waals surface area contributed by atoms with E-state index in [9.17, 15) is 5.11 Å². The van der Waals surface area contributed by atoms with Gasteiger partial charge in [0.15, 0.2) is 0 Å². The van der Waals surface area contributed by atoms with Gasteiger partial charge >= 0.3 is 0 Å². The van der Waals surface area contributed by atoms with Crippen LogP contribution in [0, 0.1) is 12.8 Å². The van der Waals surface area contributed by atoms with Gasteiger partial charge in [-0.25, -0.2) is 0 Å². The number of hydrogen-bond donors (Lipinski definition) is 3. The van der Waals surface area contributed by atoms with Crippen molar-refractivity contribution in [1.29, 1.82) is 0 Å². The minimum absolute atomic E-state index is 0.140. The molecule has 0 radical (unpaired) electrons. The smallest absolute Gasteiger partial charge is 0.0585 e. The standard InChI is InChI=1S/C14H22N2O/c1-10-6-7-12(8-13(10)15)16-9-11-4-2-3-5-14(11)17/h6-8,11,14,16-17H,2-5,9,15H2,1H3. The minimum Gasteiger partial charge on any atom is -0.398 e. The predicted octanol–water partition coefficient (Wildman–Crippen LogP) is 2.54. The predicted molar refractivity (Wildman–Crippen MR) is 72.0 cm³/mol. The molecular weight excluding hydrogens is 212 g/mol. The number of benzene rings is 1. The fourth-order valence-electron chi connectivity index (χ4n) is 2.43. The van der Waals surface area contributed by atoms with Crippen LogP contribution in [0.15, 0.2) is 18.2 Å². The van der Waals surface area contributed by atoms with Crippen LogP contribution in [0.1, 0.15) is 31.2 Å². The number of hydrogen-bond acceptors (Lipinski definition) is 3. The number of rotatable bonds is 3. The quantitative estimate of drug-likeness (QED) is 0.704. The monoisotopic (exact) mass is 234 g/mol. The summed E-state index contributed by atoms with van der Waals surface area (Å²) < 4.78 is 0. The first-order chi connectivity index (χ1) is 8.16. The molecule has 1 aliphatic carbocycles. The maximum absolute atomic E-state index is 9.88. The molecule has 1 aliphatic rings. The van der Waals surface area contributed by atoms with Gasteiger partial charge in [0.2, 0.25) is 0 Å². The van der Waals surface area contributed by atoms with Crippen LogP contribution in [0.4, 0.5) is 11.4 Å². The van der Waals surface area contributed by atoms with Crippen LogP contribution < -0.4 is 11.1 Å². The van der Waals surface area contributed by atoms with Gasteiger partial charge in [-0.1, -0.05) is 18.9 Å². The molecule has 1 aromatic carbocycles. The summed E-state index contributed by atoms with van der Waals surface area (Å²) in [5, 5.41) is 13.3. The van der Waals surface area contributed by atoms with Crippen LogP contribution in [-0.4, -0.2) is 17.8 Å². The summed E-state index contributed by atoms with van der Waals surface area (Å²) in [6.45, 7) is 2.84. The Kier molecular flexibility index (Phi) is 3.89. The van der Waals surface area contributed by atoms with Crippen molar-refractivity contribution in [1.82, 2.24) is 0 Å². The molecule has 0 aromatic heterocycles. The van der Waals surface area contributed by atoms with Crippen molar-refractivity contribution in [3.63, 3.8) is 0 Å². The zero-order chi connectivity index (χ0) is 12.3. The molecule has 2 atom stereocenters. The zero-order valence-electron chi connectivity index (χ0n) is 10.4. The third-order valence-corrected chi connectivity index (χ3v) is 3.72. The summed E-state index contributed by atoms with van der Waals surface area (Å²) in [6, 6.07) is 6.03. The number of nitrogen functional groups attached to an aromatic ring is 1. The Hall–Kier alpha value is -1.22. The van der Waals surface area contributed by atoms with E-state index >= 15 is 0 Å². The normalized spacial score (nSPS) is 24.6. The molecule has 3 nitrogen and oxygen atoms in total. The molecule has 1 aromatic rings. The van der Waals surface area contributed by atoms with Crippen LogP contribution in [0.3, 0.4) is 0 Å². The third-order valence-electron chi connectivity index (χ3n) is 3.72. The van der Waals surface area contributed by atoms with E-state index < -0.39 is 0 Å². The van der Waals surface area contributed by atoms with E-state index in [0.29, 0.717) is 5.92 Å². The summed E-state index contributed by atoms with van der Waals surface area (Å²) >= 11 is 0. The average molecular weight is 234 g/mol. The zero-order valence-corrected chi connectivity index (χ0v) is 10.4. The average Bonchev–Trinajstić information content (AvgIpc) is 2.32. The molecule has 17 heavy (non-hydrogen) atoms. The lowest BCUT2D eigenvalue weighted by Gasteiger charge is -2.28. The molecule has 94 valence electrons. The van der Waals surface area contributed by atoms with E-state index in [0.717, 1.165) is 42.7 Å². The van der Waals surface area contributed by atoms with E-state index in [-0.39, 0.29) is 6.10 Å². The van der Waals surface area contributed by atoms with Gasteiger partial charge < -0.3 is 16.2 Å². The van der Waals surface area contributed by atoms with Gasteiger partial charge in [-0.15, -0.1) is 0 Å². The van der Waals surface area contributed by atoms with E-state index in [1.54, 1.807) is 0 Å². The van der Waals surface area contributed by atoms with Crippen molar-refractivity contribution in [3.8, 4) is 0 Å². The molecule has 0 spiro atoms. The molecule has 0 heterocycles. The Morgan fingerprint density at radius 2 is 2.12 bits per heavy atom. The van der Waals surface area contributed by atoms with Gasteiger partial charge in [0.05, 0.1) is 6.10 Å². The molecule has 0 amide bonds. The van der Waals surface area contributed by atoms with Gasteiger partial charge in [-0.05, 0) is 37.5 Å². The fraction of sp³-hybridized carbons (Fsp3) is 0.571. The Bertz CT molecular complexity index is 378. The molecule has 0 bridgehead atoms. The highest BCUT2D eigenvalue weighted by Gasteiger charge is 2.22. The molecule has 3 heteroatoms. The lowest BCUT2D eigenvalue weighted by Crippen LogP contribution is -2.30. The SMILES string of the molecule is Cc1ccc(NCC2CCCCC2O)cc1N. The summed E-state index contributed by atoms with van der Waals surface area (Å²) in [6.07, 6.45) is 4.32. The third kappa shape index (κ3) is 3.13. The van der Waals surface area contributed by atoms with E-state index in [2.05, 4.69) is 5.32 Å². The van der Waals surface area contributed by atoms with Gasteiger partial charge in [0.25, 0.3) is 0 Å². The van der Waals surface area contributed by atoms with Crippen LogP contribution in [0.5, 0.6) is 0 Å². The van der Waals surface area contributed by atoms with Gasteiger partial charge in [0.1, 0.15) is 0 Å². The molecule has 0 aliphatic heterocycles. The molecule has 1 fully saturated rings. The first-order valence-electron chi connectivity index (χ1n) is 6.45. The molecular formula is C14H22N2O. The topological polar surface area (TPSA) is 58.3 Å². The lowest BCUT2D eigenvalue weighted by molar-refractivity contribution is 0.0763. The van der Waals surface area contributed by atoms with Crippen molar-refractivity contribution >= 4 is 11.4 Å². The van der Waals surface area contributed by atoms with Crippen molar-refractivity contribution in [2.24, 2.45) is 5.92 Å². The Balaban J connectivity index is 1.90. The molecule has 2 unspecified atom stereocenters. The lowest BCUT2D eigenvalue weighted by atomic mass is 9.86. The number of nitrogens with one attached hydrogen (secondary N) is 1. The Morgan fingerprint density at radius 1 is 1.35 bits per heavy atom. The number of nitrogens with two attached hydrogens (primary N) is 1.